The third-order valence-electron chi connectivity index (χ3n) is 6.48. The summed E-state index contributed by atoms with van der Waals surface area (Å²) in [6, 6.07) is 17.9. The van der Waals surface area contributed by atoms with Crippen LogP contribution in [0.3, 0.4) is 0 Å². The summed E-state index contributed by atoms with van der Waals surface area (Å²) in [6.07, 6.45) is 4.73. The van der Waals surface area contributed by atoms with Gasteiger partial charge in [-0.05, 0) is 68.1 Å². The number of rotatable bonds is 9. The lowest BCUT2D eigenvalue weighted by atomic mass is 9.98. The molecule has 0 bridgehead atoms. The fraction of sp³-hybridized carbons (Fsp3) is 0.321. The van der Waals surface area contributed by atoms with Crippen LogP contribution in [-0.2, 0) is 22.6 Å². The Balaban J connectivity index is 1.84. The summed E-state index contributed by atoms with van der Waals surface area (Å²) >= 11 is 0. The first-order valence-electron chi connectivity index (χ1n) is 12.2. The van der Waals surface area contributed by atoms with Gasteiger partial charge < -0.3 is 5.32 Å². The van der Waals surface area contributed by atoms with Crippen molar-refractivity contribution in [2.24, 2.45) is 0 Å². The van der Waals surface area contributed by atoms with E-state index in [-0.39, 0.29) is 18.4 Å². The lowest BCUT2D eigenvalue weighted by Gasteiger charge is -2.35. The number of benzene rings is 2. The summed E-state index contributed by atoms with van der Waals surface area (Å²) in [5.41, 5.74) is 3.36. The molecule has 0 saturated heterocycles. The Morgan fingerprint density at radius 1 is 1.00 bits per heavy atom. The SMILES string of the molecule is CCc1ccccc1N(C(=O)Cn1nnc2ccccc21)C(C(=O)NC(C)(C)CC)c1ccncc1. The van der Waals surface area contributed by atoms with Crippen LogP contribution in [0, 0.1) is 0 Å². The second-order valence-corrected chi connectivity index (χ2v) is 9.39. The molecule has 2 heterocycles. The van der Waals surface area contributed by atoms with Gasteiger partial charge in [-0.15, -0.1) is 5.10 Å². The van der Waals surface area contributed by atoms with E-state index in [1.807, 2.05) is 76.2 Å². The maximum absolute atomic E-state index is 14.1. The molecule has 0 spiro atoms. The van der Waals surface area contributed by atoms with Crippen LogP contribution in [0.15, 0.2) is 73.1 Å². The summed E-state index contributed by atoms with van der Waals surface area (Å²) in [6.45, 7) is 7.94. The highest BCUT2D eigenvalue weighted by atomic mass is 16.2. The molecule has 0 radical (unpaired) electrons. The number of fused-ring (bicyclic) bond motifs is 1. The highest BCUT2D eigenvalue weighted by Crippen LogP contribution is 2.32. The predicted molar refractivity (Wildman–Crippen MR) is 140 cm³/mol. The minimum absolute atomic E-state index is 0.0649. The van der Waals surface area contributed by atoms with Gasteiger partial charge in [0.15, 0.2) is 0 Å². The first-order valence-corrected chi connectivity index (χ1v) is 12.2. The van der Waals surface area contributed by atoms with Crippen LogP contribution in [-0.4, -0.2) is 37.3 Å². The zero-order valence-corrected chi connectivity index (χ0v) is 21.2. The van der Waals surface area contributed by atoms with E-state index in [9.17, 15) is 9.59 Å². The Hall–Kier alpha value is -4.07. The van der Waals surface area contributed by atoms with Gasteiger partial charge in [-0.25, -0.2) is 4.68 Å². The van der Waals surface area contributed by atoms with Crippen LogP contribution in [0.25, 0.3) is 11.0 Å². The minimum atomic E-state index is -0.895. The number of nitrogens with zero attached hydrogens (tertiary/aromatic N) is 5. The van der Waals surface area contributed by atoms with E-state index < -0.39 is 11.6 Å². The molecule has 0 aliphatic heterocycles. The highest BCUT2D eigenvalue weighted by Gasteiger charge is 2.36. The van der Waals surface area contributed by atoms with Gasteiger partial charge in [-0.2, -0.15) is 0 Å². The van der Waals surface area contributed by atoms with Crippen molar-refractivity contribution in [2.75, 3.05) is 4.90 Å². The number of para-hydroxylation sites is 2. The van der Waals surface area contributed by atoms with Crippen molar-refractivity contribution in [3.05, 3.63) is 84.2 Å². The summed E-state index contributed by atoms with van der Waals surface area (Å²) in [4.78, 5) is 33.7. The van der Waals surface area contributed by atoms with Crippen molar-refractivity contribution < 1.29 is 9.59 Å². The van der Waals surface area contributed by atoms with Gasteiger partial charge in [-0.3, -0.25) is 19.5 Å². The van der Waals surface area contributed by atoms with Crippen LogP contribution in [0.4, 0.5) is 5.69 Å². The van der Waals surface area contributed by atoms with Crippen molar-refractivity contribution in [1.82, 2.24) is 25.3 Å². The average Bonchev–Trinajstić information content (AvgIpc) is 3.30. The molecule has 0 aliphatic rings. The monoisotopic (exact) mass is 484 g/mol. The molecule has 4 rings (SSSR count). The molecule has 186 valence electrons. The zero-order chi connectivity index (χ0) is 25.7. The number of anilines is 1. The van der Waals surface area contributed by atoms with Gasteiger partial charge >= 0.3 is 0 Å². The van der Waals surface area contributed by atoms with Crippen molar-refractivity contribution in [3.8, 4) is 0 Å². The average molecular weight is 485 g/mol. The summed E-state index contributed by atoms with van der Waals surface area (Å²) in [5.74, 6) is -0.520. The third-order valence-corrected chi connectivity index (χ3v) is 6.48. The fourth-order valence-corrected chi connectivity index (χ4v) is 4.15. The van der Waals surface area contributed by atoms with Crippen molar-refractivity contribution in [3.63, 3.8) is 0 Å². The third kappa shape index (κ3) is 5.27. The molecule has 2 aromatic heterocycles. The van der Waals surface area contributed by atoms with Gasteiger partial charge in [-0.1, -0.05) is 49.4 Å². The number of carbonyl (C=O) groups is 2. The number of amides is 2. The first-order chi connectivity index (χ1) is 17.3. The standard InChI is InChI=1S/C28H32N6O2/c1-5-20-11-7-9-13-23(20)34(25(35)19-33-24-14-10-8-12-22(24)31-32-33)26(21-15-17-29-18-16-21)27(36)30-28(3,4)6-2/h7-18,26H,5-6,19H2,1-4H3,(H,30,36). The second kappa shape index (κ2) is 10.7. The van der Waals surface area contributed by atoms with Gasteiger partial charge in [0.05, 0.1) is 5.52 Å². The number of carbonyl (C=O) groups excluding carboxylic acids is 2. The lowest BCUT2D eigenvalue weighted by Crippen LogP contribution is -2.51. The van der Waals surface area contributed by atoms with Gasteiger partial charge in [0.2, 0.25) is 11.8 Å². The predicted octanol–water partition coefficient (Wildman–Crippen LogP) is 4.47. The number of aromatic nitrogens is 4. The molecule has 1 unspecified atom stereocenters. The van der Waals surface area contributed by atoms with Crippen LogP contribution in [0.5, 0.6) is 0 Å². The van der Waals surface area contributed by atoms with Gasteiger partial charge in [0.25, 0.3) is 0 Å². The number of pyridine rings is 1. The Kier molecular flexibility index (Phi) is 7.43. The summed E-state index contributed by atoms with van der Waals surface area (Å²) in [5, 5.41) is 11.5. The van der Waals surface area contributed by atoms with Crippen molar-refractivity contribution in [2.45, 2.75) is 58.7 Å². The maximum Gasteiger partial charge on any atom is 0.249 e. The van der Waals surface area contributed by atoms with E-state index >= 15 is 0 Å². The quantitative estimate of drug-likeness (QED) is 0.378. The van der Waals surface area contributed by atoms with Crippen LogP contribution >= 0.6 is 0 Å². The minimum Gasteiger partial charge on any atom is -0.349 e. The molecule has 1 N–H and O–H groups in total. The molecule has 8 nitrogen and oxygen atoms in total. The normalized spacial score (nSPS) is 12.3. The first kappa shape index (κ1) is 25.0. The highest BCUT2D eigenvalue weighted by molar-refractivity contribution is 6.02. The lowest BCUT2D eigenvalue weighted by molar-refractivity contribution is -0.128. The summed E-state index contributed by atoms with van der Waals surface area (Å²) in [7, 11) is 0. The van der Waals surface area contributed by atoms with E-state index in [0.717, 1.165) is 17.5 Å². The van der Waals surface area contributed by atoms with E-state index in [0.29, 0.717) is 23.2 Å². The molecule has 0 saturated carbocycles. The van der Waals surface area contributed by atoms with Crippen LogP contribution in [0.1, 0.15) is 51.3 Å². The molecule has 1 atom stereocenters. The number of hydrogen-bond acceptors (Lipinski definition) is 5. The second-order valence-electron chi connectivity index (χ2n) is 9.39. The Bertz CT molecular complexity index is 1350. The van der Waals surface area contributed by atoms with Gasteiger partial charge in [0.1, 0.15) is 18.1 Å². The molecule has 8 heteroatoms. The molecule has 4 aromatic rings. The van der Waals surface area contributed by atoms with E-state index in [1.165, 1.54) is 0 Å². The molecule has 2 amide bonds. The molecular formula is C28H32N6O2. The molecule has 0 aliphatic carbocycles. The molecule has 0 fully saturated rings. The Morgan fingerprint density at radius 3 is 2.42 bits per heavy atom. The van der Waals surface area contributed by atoms with E-state index in [2.05, 4.69) is 20.6 Å². The fourth-order valence-electron chi connectivity index (χ4n) is 4.15. The molecule has 2 aromatic carbocycles. The molecular weight excluding hydrogens is 452 g/mol. The number of hydrogen-bond donors (Lipinski definition) is 1. The summed E-state index contributed by atoms with van der Waals surface area (Å²) < 4.78 is 1.58. The largest absolute Gasteiger partial charge is 0.349 e. The van der Waals surface area contributed by atoms with Crippen molar-refractivity contribution >= 4 is 28.5 Å². The van der Waals surface area contributed by atoms with Crippen LogP contribution < -0.4 is 10.2 Å². The van der Waals surface area contributed by atoms with E-state index in [1.54, 1.807) is 34.1 Å². The maximum atomic E-state index is 14.1. The number of aryl methyl sites for hydroxylation is 1. The zero-order valence-electron chi connectivity index (χ0n) is 21.2. The van der Waals surface area contributed by atoms with E-state index in [4.69, 9.17) is 0 Å². The topological polar surface area (TPSA) is 93.0 Å². The van der Waals surface area contributed by atoms with Gasteiger partial charge in [0, 0.05) is 23.6 Å². The molecule has 36 heavy (non-hydrogen) atoms. The number of nitrogens with one attached hydrogen (secondary N) is 1. The van der Waals surface area contributed by atoms with Crippen LogP contribution in [0.2, 0.25) is 0 Å². The Labute approximate surface area is 211 Å². The van der Waals surface area contributed by atoms with Crippen molar-refractivity contribution in [1.29, 1.82) is 0 Å². The Morgan fingerprint density at radius 2 is 1.69 bits per heavy atom. The smallest absolute Gasteiger partial charge is 0.249 e.